The highest BCUT2D eigenvalue weighted by atomic mass is 16.1. The van der Waals surface area contributed by atoms with E-state index in [4.69, 9.17) is 5.73 Å². The second-order valence-electron chi connectivity index (χ2n) is 6.00. The van der Waals surface area contributed by atoms with Crippen molar-refractivity contribution in [3.05, 3.63) is 0 Å². The van der Waals surface area contributed by atoms with Crippen LogP contribution in [0.4, 0.5) is 0 Å². The highest BCUT2D eigenvalue weighted by Gasteiger charge is 2.37. The fourth-order valence-electron chi connectivity index (χ4n) is 3.03. The molecule has 1 rings (SSSR count). The number of nitrogens with two attached hydrogens (primary N) is 1. The van der Waals surface area contributed by atoms with Gasteiger partial charge < -0.3 is 11.1 Å². The zero-order chi connectivity index (χ0) is 13.6. The van der Waals surface area contributed by atoms with Gasteiger partial charge in [-0.2, -0.15) is 0 Å². The molecule has 3 heteroatoms. The zero-order valence-corrected chi connectivity index (χ0v) is 12.3. The van der Waals surface area contributed by atoms with Gasteiger partial charge in [0.25, 0.3) is 0 Å². The lowest BCUT2D eigenvalue weighted by atomic mass is 9.82. The normalized spacial score (nSPS) is 22.4. The number of amides is 1. The van der Waals surface area contributed by atoms with Gasteiger partial charge in [0.1, 0.15) is 0 Å². The molecule has 0 heterocycles. The highest BCUT2D eigenvalue weighted by molar-refractivity contribution is 5.84. The van der Waals surface area contributed by atoms with Gasteiger partial charge in [0.2, 0.25) is 5.91 Å². The average molecular weight is 254 g/mol. The molecule has 0 aromatic heterocycles. The lowest BCUT2D eigenvalue weighted by Crippen LogP contribution is -2.59. The summed E-state index contributed by atoms with van der Waals surface area (Å²) >= 11 is 0. The van der Waals surface area contributed by atoms with Crippen LogP contribution in [0.15, 0.2) is 0 Å². The van der Waals surface area contributed by atoms with E-state index >= 15 is 0 Å². The van der Waals surface area contributed by atoms with Crippen LogP contribution < -0.4 is 11.1 Å². The smallest absolute Gasteiger partial charge is 0.237 e. The van der Waals surface area contributed by atoms with Gasteiger partial charge in [0.15, 0.2) is 0 Å². The Morgan fingerprint density at radius 2 is 1.94 bits per heavy atom. The Hall–Kier alpha value is -0.570. The summed E-state index contributed by atoms with van der Waals surface area (Å²) in [6.45, 7) is 6.45. The fraction of sp³-hybridized carbons (Fsp3) is 0.933. The maximum absolute atomic E-state index is 11.9. The topological polar surface area (TPSA) is 55.1 Å². The molecular formula is C15H30N2O. The molecule has 1 amide bonds. The Bertz CT molecular complexity index is 261. The molecular weight excluding hydrogens is 224 g/mol. The third-order valence-corrected chi connectivity index (χ3v) is 4.55. The van der Waals surface area contributed by atoms with Crippen molar-refractivity contribution in [2.75, 3.05) is 0 Å². The van der Waals surface area contributed by atoms with Gasteiger partial charge in [0, 0.05) is 6.04 Å². The second-order valence-corrected chi connectivity index (χ2v) is 6.00. The van der Waals surface area contributed by atoms with Crippen molar-refractivity contribution in [2.45, 2.75) is 83.7 Å². The molecule has 1 aliphatic rings. The maximum atomic E-state index is 11.9. The van der Waals surface area contributed by atoms with E-state index in [0.717, 1.165) is 19.3 Å². The summed E-state index contributed by atoms with van der Waals surface area (Å²) in [5.74, 6) is 0.365. The van der Waals surface area contributed by atoms with E-state index in [2.05, 4.69) is 26.1 Å². The zero-order valence-electron chi connectivity index (χ0n) is 12.3. The lowest BCUT2D eigenvalue weighted by molar-refractivity contribution is -0.125. The molecule has 3 N–H and O–H groups in total. The van der Waals surface area contributed by atoms with Crippen molar-refractivity contribution in [3.8, 4) is 0 Å². The summed E-state index contributed by atoms with van der Waals surface area (Å²) in [7, 11) is 0. The first-order chi connectivity index (χ1) is 8.54. The van der Waals surface area contributed by atoms with Crippen LogP contribution in [0.3, 0.4) is 0 Å². The molecule has 2 unspecified atom stereocenters. The van der Waals surface area contributed by atoms with Crippen molar-refractivity contribution in [1.82, 2.24) is 5.32 Å². The first kappa shape index (κ1) is 15.5. The molecule has 1 saturated carbocycles. The first-order valence-corrected chi connectivity index (χ1v) is 7.61. The van der Waals surface area contributed by atoms with E-state index in [9.17, 15) is 4.79 Å². The summed E-state index contributed by atoms with van der Waals surface area (Å²) in [5, 5.41) is 3.61. The van der Waals surface area contributed by atoms with Gasteiger partial charge in [-0.1, -0.05) is 46.5 Å². The Morgan fingerprint density at radius 3 is 2.39 bits per heavy atom. The molecule has 3 nitrogen and oxygen atoms in total. The monoisotopic (exact) mass is 254 g/mol. The summed E-state index contributed by atoms with van der Waals surface area (Å²) in [5.41, 5.74) is 5.21. The van der Waals surface area contributed by atoms with Crippen molar-refractivity contribution in [1.29, 1.82) is 0 Å². The summed E-state index contributed by atoms with van der Waals surface area (Å²) in [4.78, 5) is 11.9. The highest BCUT2D eigenvalue weighted by Crippen LogP contribution is 2.27. The number of nitrogens with one attached hydrogen (secondary N) is 1. The molecule has 2 atom stereocenters. The van der Waals surface area contributed by atoms with Crippen molar-refractivity contribution < 1.29 is 4.79 Å². The molecule has 106 valence electrons. The molecule has 0 aromatic carbocycles. The quantitative estimate of drug-likeness (QED) is 0.734. The summed E-state index contributed by atoms with van der Waals surface area (Å²) in [6, 6.07) is 0.482. The second kappa shape index (κ2) is 7.13. The van der Waals surface area contributed by atoms with Crippen molar-refractivity contribution >= 4 is 5.91 Å². The molecule has 0 aliphatic heterocycles. The largest absolute Gasteiger partial charge is 0.368 e. The molecule has 0 spiro atoms. The minimum Gasteiger partial charge on any atom is -0.368 e. The van der Waals surface area contributed by atoms with Gasteiger partial charge in [-0.15, -0.1) is 0 Å². The Balaban J connectivity index is 2.71. The average Bonchev–Trinajstić information content (AvgIpc) is 2.38. The number of rotatable bonds is 7. The Kier molecular flexibility index (Phi) is 6.13. The van der Waals surface area contributed by atoms with Crippen molar-refractivity contribution in [3.63, 3.8) is 0 Å². The predicted octanol–water partition coefficient (Wildman–Crippen LogP) is 2.98. The predicted molar refractivity (Wildman–Crippen MR) is 76.3 cm³/mol. The molecule has 1 aliphatic carbocycles. The van der Waals surface area contributed by atoms with Gasteiger partial charge in [-0.05, 0) is 31.6 Å². The fourth-order valence-corrected chi connectivity index (χ4v) is 3.03. The van der Waals surface area contributed by atoms with Crippen LogP contribution in [0.2, 0.25) is 0 Å². The molecule has 1 fully saturated rings. The molecule has 0 radical (unpaired) electrons. The van der Waals surface area contributed by atoms with E-state index in [-0.39, 0.29) is 5.91 Å². The SMILES string of the molecule is CCC(C)CC(CC)(NC1CCCCC1)C(N)=O. The van der Waals surface area contributed by atoms with Crippen LogP contribution in [0.5, 0.6) is 0 Å². The lowest BCUT2D eigenvalue weighted by Gasteiger charge is -2.38. The van der Waals surface area contributed by atoms with Crippen LogP contribution in [0.25, 0.3) is 0 Å². The molecule has 0 bridgehead atoms. The summed E-state index contributed by atoms with van der Waals surface area (Å²) < 4.78 is 0. The molecule has 0 aromatic rings. The molecule has 18 heavy (non-hydrogen) atoms. The maximum Gasteiger partial charge on any atom is 0.237 e. The van der Waals surface area contributed by atoms with E-state index in [1.165, 1.54) is 32.1 Å². The van der Waals surface area contributed by atoms with Crippen LogP contribution >= 0.6 is 0 Å². The van der Waals surface area contributed by atoms with E-state index < -0.39 is 5.54 Å². The van der Waals surface area contributed by atoms with E-state index in [1.807, 2.05) is 0 Å². The van der Waals surface area contributed by atoms with Crippen LogP contribution in [0, 0.1) is 5.92 Å². The van der Waals surface area contributed by atoms with Crippen LogP contribution in [-0.4, -0.2) is 17.5 Å². The Morgan fingerprint density at radius 1 is 1.33 bits per heavy atom. The first-order valence-electron chi connectivity index (χ1n) is 7.61. The van der Waals surface area contributed by atoms with Gasteiger partial charge >= 0.3 is 0 Å². The number of carbonyl (C=O) groups excluding carboxylic acids is 1. The number of carbonyl (C=O) groups is 1. The molecule has 0 saturated heterocycles. The Labute approximate surface area is 112 Å². The van der Waals surface area contributed by atoms with Crippen molar-refractivity contribution in [2.24, 2.45) is 11.7 Å². The number of hydrogen-bond acceptors (Lipinski definition) is 2. The van der Waals surface area contributed by atoms with Gasteiger partial charge in [-0.3, -0.25) is 4.79 Å². The van der Waals surface area contributed by atoms with Gasteiger partial charge in [0.05, 0.1) is 5.54 Å². The standard InChI is InChI=1S/C15H30N2O/c1-4-12(3)11-15(5-2,14(16)18)17-13-9-7-6-8-10-13/h12-13,17H,4-11H2,1-3H3,(H2,16,18). The van der Waals surface area contributed by atoms with Crippen LogP contribution in [-0.2, 0) is 4.79 Å². The summed E-state index contributed by atoms with van der Waals surface area (Å²) in [6.07, 6.45) is 9.03. The third kappa shape index (κ3) is 3.98. The number of primary amides is 1. The number of hydrogen-bond donors (Lipinski definition) is 2. The van der Waals surface area contributed by atoms with E-state index in [0.29, 0.717) is 12.0 Å². The van der Waals surface area contributed by atoms with E-state index in [1.54, 1.807) is 0 Å². The van der Waals surface area contributed by atoms with Crippen LogP contribution in [0.1, 0.15) is 72.1 Å². The minimum atomic E-state index is -0.489. The minimum absolute atomic E-state index is 0.170. The third-order valence-electron chi connectivity index (χ3n) is 4.55. The van der Waals surface area contributed by atoms with Gasteiger partial charge in [-0.25, -0.2) is 0 Å².